The van der Waals surface area contributed by atoms with Crippen molar-refractivity contribution >= 4 is 40.2 Å². The van der Waals surface area contributed by atoms with Gasteiger partial charge < -0.3 is 10.1 Å². The molecule has 2 heterocycles. The van der Waals surface area contributed by atoms with Crippen molar-refractivity contribution in [2.75, 3.05) is 5.32 Å². The molecule has 5 heteroatoms. The monoisotopic (exact) mass is 360 g/mol. The number of benzene rings is 2. The van der Waals surface area contributed by atoms with Crippen LogP contribution in [0.15, 0.2) is 54.7 Å². The van der Waals surface area contributed by atoms with Gasteiger partial charge >= 0.3 is 6.09 Å². The van der Waals surface area contributed by atoms with Gasteiger partial charge in [-0.05, 0) is 39.0 Å². The number of amides is 1. The minimum Gasteiger partial charge on any atom is -0.443 e. The van der Waals surface area contributed by atoms with E-state index in [9.17, 15) is 9.59 Å². The van der Waals surface area contributed by atoms with Gasteiger partial charge in [-0.1, -0.05) is 36.4 Å². The van der Waals surface area contributed by atoms with Crippen LogP contribution in [0.3, 0.4) is 0 Å². The molecule has 0 aliphatic carbocycles. The molecule has 1 N–H and O–H groups in total. The van der Waals surface area contributed by atoms with E-state index in [1.54, 1.807) is 6.20 Å². The summed E-state index contributed by atoms with van der Waals surface area (Å²) in [6, 6.07) is 15.1. The van der Waals surface area contributed by atoms with Crippen molar-refractivity contribution < 1.29 is 14.3 Å². The fourth-order valence-corrected chi connectivity index (χ4v) is 3.22. The topological polar surface area (TPSA) is 60.3 Å². The van der Waals surface area contributed by atoms with E-state index < -0.39 is 11.7 Å². The second kappa shape index (κ2) is 6.13. The van der Waals surface area contributed by atoms with E-state index in [1.807, 2.05) is 75.4 Å². The number of nitrogens with one attached hydrogen (secondary N) is 1. The van der Waals surface area contributed by atoms with Gasteiger partial charge in [-0.15, -0.1) is 0 Å². The van der Waals surface area contributed by atoms with Crippen LogP contribution in [-0.4, -0.2) is 22.2 Å². The zero-order valence-corrected chi connectivity index (χ0v) is 15.4. The Bertz CT molecular complexity index is 1100. The van der Waals surface area contributed by atoms with Crippen LogP contribution in [0.1, 0.15) is 31.9 Å². The van der Waals surface area contributed by atoms with Crippen molar-refractivity contribution in [3.8, 4) is 0 Å². The predicted molar refractivity (Wildman–Crippen MR) is 107 cm³/mol. The van der Waals surface area contributed by atoms with Crippen LogP contribution >= 0.6 is 0 Å². The molecule has 0 radical (unpaired) electrons. The number of carbonyl (C=O) groups excluding carboxylic acids is 2. The maximum atomic E-state index is 12.6. The first-order chi connectivity index (χ1) is 12.8. The van der Waals surface area contributed by atoms with Crippen molar-refractivity contribution in [3.63, 3.8) is 0 Å². The molecular weight excluding hydrogens is 340 g/mol. The van der Waals surface area contributed by atoms with E-state index in [-0.39, 0.29) is 5.91 Å². The highest BCUT2D eigenvalue weighted by Gasteiger charge is 2.25. The van der Waals surface area contributed by atoms with Crippen LogP contribution in [0.4, 0.5) is 10.5 Å². The molecule has 136 valence electrons. The molecule has 0 saturated carbocycles. The standard InChI is InChI=1S/C22H20N2O3/c1-22(2,3)27-21(26)24-13-14(15-8-5-7-11-19(15)24)12-17-16-9-4-6-10-18(16)23-20(17)25/h4-13H,1-3H3,(H,23,25)/b17-12+. The van der Waals surface area contributed by atoms with Crippen LogP contribution in [0.25, 0.3) is 22.6 Å². The highest BCUT2D eigenvalue weighted by Crippen LogP contribution is 2.34. The number of fused-ring (bicyclic) bond motifs is 2. The highest BCUT2D eigenvalue weighted by atomic mass is 16.6. The lowest BCUT2D eigenvalue weighted by molar-refractivity contribution is -0.110. The Labute approximate surface area is 157 Å². The third-order valence-corrected chi connectivity index (χ3v) is 4.34. The number of ether oxygens (including phenoxy) is 1. The molecule has 0 atom stereocenters. The summed E-state index contributed by atoms with van der Waals surface area (Å²) in [7, 11) is 0. The Balaban J connectivity index is 1.84. The molecule has 27 heavy (non-hydrogen) atoms. The lowest BCUT2D eigenvalue weighted by Gasteiger charge is -2.19. The molecule has 0 fully saturated rings. The molecule has 3 aromatic rings. The van der Waals surface area contributed by atoms with Gasteiger partial charge in [-0.3, -0.25) is 9.36 Å². The third-order valence-electron chi connectivity index (χ3n) is 4.34. The minimum absolute atomic E-state index is 0.148. The first-order valence-corrected chi connectivity index (χ1v) is 8.79. The van der Waals surface area contributed by atoms with Crippen molar-refractivity contribution in [2.45, 2.75) is 26.4 Å². The fraction of sp³-hybridized carbons (Fsp3) is 0.182. The minimum atomic E-state index is -0.592. The van der Waals surface area contributed by atoms with E-state index in [2.05, 4.69) is 5.32 Å². The number of carbonyl (C=O) groups is 2. The van der Waals surface area contributed by atoms with Crippen LogP contribution in [0.5, 0.6) is 0 Å². The molecular formula is C22H20N2O3. The van der Waals surface area contributed by atoms with Gasteiger partial charge in [0.05, 0.1) is 5.52 Å². The van der Waals surface area contributed by atoms with Crippen LogP contribution in [0, 0.1) is 0 Å². The Morgan fingerprint density at radius 3 is 2.56 bits per heavy atom. The maximum absolute atomic E-state index is 12.6. The lowest BCUT2D eigenvalue weighted by atomic mass is 10.0. The summed E-state index contributed by atoms with van der Waals surface area (Å²) < 4.78 is 7.01. The molecule has 0 spiro atoms. The molecule has 2 aromatic carbocycles. The molecule has 1 aliphatic rings. The molecule has 1 amide bonds. The van der Waals surface area contributed by atoms with Crippen molar-refractivity contribution in [2.24, 2.45) is 0 Å². The molecule has 5 nitrogen and oxygen atoms in total. The van der Waals surface area contributed by atoms with E-state index in [1.165, 1.54) is 4.57 Å². The number of nitrogens with zero attached hydrogens (tertiary/aromatic N) is 1. The Hall–Kier alpha value is -3.34. The van der Waals surface area contributed by atoms with Crippen LogP contribution in [0.2, 0.25) is 0 Å². The number of rotatable bonds is 1. The van der Waals surface area contributed by atoms with Gasteiger partial charge in [0.15, 0.2) is 0 Å². The first kappa shape index (κ1) is 17.1. The fourth-order valence-electron chi connectivity index (χ4n) is 3.22. The molecule has 4 rings (SSSR count). The summed E-state index contributed by atoms with van der Waals surface area (Å²) in [4.78, 5) is 25.1. The molecule has 0 saturated heterocycles. The third kappa shape index (κ3) is 3.12. The number of hydrogen-bond acceptors (Lipinski definition) is 3. The molecule has 1 aliphatic heterocycles. The van der Waals surface area contributed by atoms with E-state index in [0.717, 1.165) is 27.7 Å². The molecule has 0 bridgehead atoms. The number of hydrogen-bond donors (Lipinski definition) is 1. The summed E-state index contributed by atoms with van der Waals surface area (Å²) in [5.41, 5.74) is 3.17. The summed E-state index contributed by atoms with van der Waals surface area (Å²) in [6.45, 7) is 5.50. The summed E-state index contributed by atoms with van der Waals surface area (Å²) in [5.74, 6) is -0.148. The second-order valence-corrected chi connectivity index (χ2v) is 7.51. The van der Waals surface area contributed by atoms with Gasteiger partial charge in [-0.25, -0.2) is 4.79 Å². The average molecular weight is 360 g/mol. The number of para-hydroxylation sites is 2. The highest BCUT2D eigenvalue weighted by molar-refractivity contribution is 6.35. The van der Waals surface area contributed by atoms with Gasteiger partial charge in [0.25, 0.3) is 5.91 Å². The van der Waals surface area contributed by atoms with Crippen molar-refractivity contribution in [1.82, 2.24) is 4.57 Å². The molecule has 1 aromatic heterocycles. The number of aromatic nitrogens is 1. The van der Waals surface area contributed by atoms with Gasteiger partial charge in [0, 0.05) is 34.0 Å². The van der Waals surface area contributed by atoms with Crippen molar-refractivity contribution in [1.29, 1.82) is 0 Å². The second-order valence-electron chi connectivity index (χ2n) is 7.51. The van der Waals surface area contributed by atoms with E-state index >= 15 is 0 Å². The van der Waals surface area contributed by atoms with Gasteiger partial charge in [0.2, 0.25) is 0 Å². The van der Waals surface area contributed by atoms with E-state index in [0.29, 0.717) is 5.57 Å². The zero-order chi connectivity index (χ0) is 19.2. The van der Waals surface area contributed by atoms with Gasteiger partial charge in [-0.2, -0.15) is 0 Å². The lowest BCUT2D eigenvalue weighted by Crippen LogP contribution is -2.26. The largest absolute Gasteiger partial charge is 0.443 e. The van der Waals surface area contributed by atoms with Crippen molar-refractivity contribution in [3.05, 3.63) is 65.9 Å². The quantitative estimate of drug-likeness (QED) is 0.627. The first-order valence-electron chi connectivity index (χ1n) is 8.79. The smallest absolute Gasteiger partial charge is 0.419 e. The summed E-state index contributed by atoms with van der Waals surface area (Å²) in [5, 5.41) is 3.75. The Morgan fingerprint density at radius 1 is 1.07 bits per heavy atom. The Kier molecular flexibility index (Phi) is 3.88. The van der Waals surface area contributed by atoms with Crippen LogP contribution < -0.4 is 5.32 Å². The maximum Gasteiger partial charge on any atom is 0.419 e. The normalized spacial score (nSPS) is 15.1. The SMILES string of the molecule is CC(C)(C)OC(=O)n1cc(/C=C2/C(=O)Nc3ccccc32)c2ccccc21. The predicted octanol–water partition coefficient (Wildman–Crippen LogP) is 4.92. The average Bonchev–Trinajstić information content (AvgIpc) is 3.12. The zero-order valence-electron chi connectivity index (χ0n) is 15.4. The van der Waals surface area contributed by atoms with Crippen LogP contribution in [-0.2, 0) is 9.53 Å². The number of anilines is 1. The summed E-state index contributed by atoms with van der Waals surface area (Å²) in [6.07, 6.45) is 3.10. The Morgan fingerprint density at radius 2 is 1.78 bits per heavy atom. The van der Waals surface area contributed by atoms with Gasteiger partial charge in [0.1, 0.15) is 5.60 Å². The van der Waals surface area contributed by atoms with E-state index in [4.69, 9.17) is 4.74 Å². The molecule has 0 unspecified atom stereocenters. The summed E-state index contributed by atoms with van der Waals surface area (Å²) >= 11 is 0.